The predicted molar refractivity (Wildman–Crippen MR) is 101 cm³/mol. The van der Waals surface area contributed by atoms with Gasteiger partial charge in [0, 0.05) is 12.4 Å². The van der Waals surface area contributed by atoms with Crippen LogP contribution >= 0.6 is 0 Å². The van der Waals surface area contributed by atoms with Crippen molar-refractivity contribution in [2.75, 3.05) is 11.5 Å². The molecule has 148 valence electrons. The number of hydrogen-bond acceptors (Lipinski definition) is 4. The monoisotopic (exact) mass is 406 g/mol. The molecule has 6 nitrogen and oxygen atoms in total. The molecule has 4 rings (SSSR count). The number of aryl methyl sites for hydroxylation is 2. The predicted octanol–water partition coefficient (Wildman–Crippen LogP) is 3.30. The SMILES string of the molecule is Cc1ccc(F)c(-c2nccn2-c2c(C)nn(C3CCS(=O)(=O)C3)c2C)c1F. The highest BCUT2D eigenvalue weighted by Gasteiger charge is 2.32. The Morgan fingerprint density at radius 3 is 2.61 bits per heavy atom. The van der Waals surface area contributed by atoms with E-state index in [-0.39, 0.29) is 28.9 Å². The Hall–Kier alpha value is -2.55. The number of rotatable bonds is 3. The van der Waals surface area contributed by atoms with Crippen molar-refractivity contribution < 1.29 is 17.2 Å². The van der Waals surface area contributed by atoms with E-state index in [4.69, 9.17) is 0 Å². The van der Waals surface area contributed by atoms with E-state index in [2.05, 4.69) is 10.1 Å². The third-order valence-corrected chi connectivity index (χ3v) is 6.98. The summed E-state index contributed by atoms with van der Waals surface area (Å²) in [5, 5.41) is 4.53. The molecular formula is C19H20F2N4O2S. The molecule has 1 fully saturated rings. The van der Waals surface area contributed by atoms with Crippen LogP contribution < -0.4 is 0 Å². The van der Waals surface area contributed by atoms with Crippen molar-refractivity contribution in [3.63, 3.8) is 0 Å². The lowest BCUT2D eigenvalue weighted by Gasteiger charge is -2.13. The summed E-state index contributed by atoms with van der Waals surface area (Å²) in [6.07, 6.45) is 3.61. The van der Waals surface area contributed by atoms with Crippen LogP contribution in [-0.4, -0.2) is 39.3 Å². The van der Waals surface area contributed by atoms with Crippen LogP contribution in [0, 0.1) is 32.4 Å². The van der Waals surface area contributed by atoms with Crippen molar-refractivity contribution in [2.24, 2.45) is 0 Å². The summed E-state index contributed by atoms with van der Waals surface area (Å²) < 4.78 is 56.1. The summed E-state index contributed by atoms with van der Waals surface area (Å²) in [5.41, 5.74) is 2.14. The maximum Gasteiger partial charge on any atom is 0.152 e. The highest BCUT2D eigenvalue weighted by atomic mass is 32.2. The van der Waals surface area contributed by atoms with Crippen LogP contribution in [0.3, 0.4) is 0 Å². The minimum absolute atomic E-state index is 0.0479. The van der Waals surface area contributed by atoms with Gasteiger partial charge in [0.1, 0.15) is 11.6 Å². The van der Waals surface area contributed by atoms with Crippen LogP contribution in [0.15, 0.2) is 24.5 Å². The molecule has 0 amide bonds. The van der Waals surface area contributed by atoms with Crippen LogP contribution in [-0.2, 0) is 9.84 Å². The molecule has 1 aliphatic heterocycles. The fourth-order valence-electron chi connectivity index (χ4n) is 3.86. The van der Waals surface area contributed by atoms with Gasteiger partial charge in [-0.2, -0.15) is 5.10 Å². The Bertz CT molecular complexity index is 1180. The zero-order chi connectivity index (χ0) is 20.2. The zero-order valence-electron chi connectivity index (χ0n) is 15.8. The van der Waals surface area contributed by atoms with Gasteiger partial charge >= 0.3 is 0 Å². The molecule has 9 heteroatoms. The van der Waals surface area contributed by atoms with Crippen LogP contribution in [0.25, 0.3) is 17.1 Å². The number of benzene rings is 1. The minimum Gasteiger partial charge on any atom is -0.296 e. The van der Waals surface area contributed by atoms with E-state index >= 15 is 0 Å². The smallest absolute Gasteiger partial charge is 0.152 e. The Kier molecular flexibility index (Phi) is 4.37. The molecule has 1 saturated heterocycles. The largest absolute Gasteiger partial charge is 0.296 e. The van der Waals surface area contributed by atoms with E-state index in [1.54, 1.807) is 29.3 Å². The van der Waals surface area contributed by atoms with E-state index in [0.717, 1.165) is 5.69 Å². The molecule has 0 aliphatic carbocycles. The molecule has 0 spiro atoms. The standard InChI is InChI=1S/C19H20F2N4O2S/c1-11-4-5-15(20)16(17(11)21)19-22-7-8-24(19)18-12(2)23-25(13(18)3)14-6-9-28(26,27)10-14/h4-5,7-8,14H,6,9-10H2,1-3H3. The van der Waals surface area contributed by atoms with Gasteiger partial charge in [0.15, 0.2) is 15.7 Å². The summed E-state index contributed by atoms with van der Waals surface area (Å²) >= 11 is 0. The lowest BCUT2D eigenvalue weighted by Crippen LogP contribution is -2.14. The van der Waals surface area contributed by atoms with Gasteiger partial charge in [-0.3, -0.25) is 9.25 Å². The quantitative estimate of drug-likeness (QED) is 0.669. The molecule has 0 bridgehead atoms. The van der Waals surface area contributed by atoms with Gasteiger partial charge in [-0.25, -0.2) is 22.2 Å². The van der Waals surface area contributed by atoms with Crippen molar-refractivity contribution in [1.29, 1.82) is 0 Å². The van der Waals surface area contributed by atoms with Crippen LogP contribution in [0.2, 0.25) is 0 Å². The summed E-state index contributed by atoms with van der Waals surface area (Å²) in [5.74, 6) is -1.02. The van der Waals surface area contributed by atoms with Gasteiger partial charge in [0.05, 0.1) is 40.2 Å². The normalized spacial score (nSPS) is 18.7. The number of hydrogen-bond donors (Lipinski definition) is 0. The van der Waals surface area contributed by atoms with E-state index in [0.29, 0.717) is 23.4 Å². The molecule has 1 unspecified atom stereocenters. The van der Waals surface area contributed by atoms with Gasteiger partial charge in [0.2, 0.25) is 0 Å². The second-order valence-electron chi connectivity index (χ2n) is 7.19. The lowest BCUT2D eigenvalue weighted by atomic mass is 10.1. The van der Waals surface area contributed by atoms with Crippen molar-refractivity contribution in [3.8, 4) is 17.1 Å². The summed E-state index contributed by atoms with van der Waals surface area (Å²) in [6, 6.07) is 2.37. The first-order valence-electron chi connectivity index (χ1n) is 8.94. The number of aromatic nitrogens is 4. The molecule has 0 saturated carbocycles. The van der Waals surface area contributed by atoms with Crippen LogP contribution in [0.1, 0.15) is 29.4 Å². The van der Waals surface area contributed by atoms with Crippen molar-refractivity contribution in [1.82, 2.24) is 19.3 Å². The van der Waals surface area contributed by atoms with Crippen LogP contribution in [0.5, 0.6) is 0 Å². The average molecular weight is 406 g/mol. The Balaban J connectivity index is 1.86. The molecule has 0 radical (unpaired) electrons. The number of halogens is 2. The Morgan fingerprint density at radius 1 is 1.18 bits per heavy atom. The van der Waals surface area contributed by atoms with E-state index in [9.17, 15) is 17.2 Å². The average Bonchev–Trinajstić information content (AvgIpc) is 3.30. The van der Waals surface area contributed by atoms with E-state index in [1.807, 2.05) is 6.92 Å². The fourth-order valence-corrected chi connectivity index (χ4v) is 5.55. The van der Waals surface area contributed by atoms with Crippen LogP contribution in [0.4, 0.5) is 8.78 Å². The first-order valence-corrected chi connectivity index (χ1v) is 10.8. The van der Waals surface area contributed by atoms with Gasteiger partial charge in [-0.1, -0.05) is 6.07 Å². The minimum atomic E-state index is -3.06. The highest BCUT2D eigenvalue weighted by molar-refractivity contribution is 7.91. The number of imidazole rings is 1. The van der Waals surface area contributed by atoms with Gasteiger partial charge < -0.3 is 0 Å². The maximum atomic E-state index is 14.7. The third-order valence-electron chi connectivity index (χ3n) is 5.23. The van der Waals surface area contributed by atoms with Gasteiger partial charge in [0.25, 0.3) is 0 Å². The van der Waals surface area contributed by atoms with E-state index < -0.39 is 21.5 Å². The zero-order valence-corrected chi connectivity index (χ0v) is 16.6. The van der Waals surface area contributed by atoms with E-state index in [1.165, 1.54) is 18.3 Å². The molecular weight excluding hydrogens is 386 g/mol. The van der Waals surface area contributed by atoms with Crippen molar-refractivity contribution in [2.45, 2.75) is 33.2 Å². The topological polar surface area (TPSA) is 69.8 Å². The number of nitrogens with zero attached hydrogens (tertiary/aromatic N) is 4. The van der Waals surface area contributed by atoms with Crippen molar-refractivity contribution >= 4 is 9.84 Å². The molecule has 3 heterocycles. The second kappa shape index (κ2) is 6.51. The number of sulfone groups is 1. The Morgan fingerprint density at radius 2 is 1.93 bits per heavy atom. The molecule has 0 N–H and O–H groups in total. The first-order chi connectivity index (χ1) is 13.2. The van der Waals surface area contributed by atoms with Gasteiger partial charge in [-0.15, -0.1) is 0 Å². The lowest BCUT2D eigenvalue weighted by molar-refractivity contribution is 0.485. The Labute approximate surface area is 161 Å². The third kappa shape index (κ3) is 2.94. The molecule has 3 aromatic rings. The molecule has 1 aliphatic rings. The summed E-state index contributed by atoms with van der Waals surface area (Å²) in [7, 11) is -3.06. The maximum absolute atomic E-state index is 14.7. The second-order valence-corrected chi connectivity index (χ2v) is 9.42. The summed E-state index contributed by atoms with van der Waals surface area (Å²) in [4.78, 5) is 4.19. The fraction of sp³-hybridized carbons (Fsp3) is 0.368. The van der Waals surface area contributed by atoms with Crippen molar-refractivity contribution in [3.05, 3.63) is 53.1 Å². The molecule has 1 atom stereocenters. The molecule has 1 aromatic carbocycles. The molecule has 2 aromatic heterocycles. The van der Waals surface area contributed by atoms with Gasteiger partial charge in [-0.05, 0) is 38.8 Å². The first kappa shape index (κ1) is 18.8. The highest BCUT2D eigenvalue weighted by Crippen LogP contribution is 2.33. The summed E-state index contributed by atoms with van der Waals surface area (Å²) in [6.45, 7) is 5.18. The molecule has 28 heavy (non-hydrogen) atoms.